The molecule has 0 radical (unpaired) electrons. The summed E-state index contributed by atoms with van der Waals surface area (Å²) in [5.41, 5.74) is 0.503. The first-order valence-corrected chi connectivity index (χ1v) is 7.81. The maximum Gasteiger partial charge on any atom is 0.239 e. The van der Waals surface area contributed by atoms with Crippen molar-refractivity contribution in [3.63, 3.8) is 0 Å². The van der Waals surface area contributed by atoms with Gasteiger partial charge in [-0.25, -0.2) is 0 Å². The van der Waals surface area contributed by atoms with Crippen LogP contribution in [-0.2, 0) is 4.79 Å². The maximum absolute atomic E-state index is 12.5. The molecule has 3 rings (SSSR count). The molecule has 1 spiro atoms. The highest BCUT2D eigenvalue weighted by molar-refractivity contribution is 5.85. The van der Waals surface area contributed by atoms with Crippen molar-refractivity contribution >= 4 is 18.3 Å². The van der Waals surface area contributed by atoms with E-state index < -0.39 is 0 Å². The lowest BCUT2D eigenvalue weighted by Crippen LogP contribution is -2.48. The largest absolute Gasteiger partial charge is 0.341 e. The van der Waals surface area contributed by atoms with Crippen LogP contribution in [0, 0.1) is 5.41 Å². The fourth-order valence-electron chi connectivity index (χ4n) is 4.12. The molecule has 2 saturated heterocycles. The van der Waals surface area contributed by atoms with E-state index in [0.717, 1.165) is 26.1 Å². The van der Waals surface area contributed by atoms with Gasteiger partial charge < -0.3 is 10.2 Å². The zero-order valence-corrected chi connectivity index (χ0v) is 12.6. The van der Waals surface area contributed by atoms with Gasteiger partial charge in [0.2, 0.25) is 5.91 Å². The Labute approximate surface area is 122 Å². The quantitative estimate of drug-likeness (QED) is 0.804. The molecule has 19 heavy (non-hydrogen) atoms. The highest BCUT2D eigenvalue weighted by atomic mass is 35.5. The molecule has 1 amide bonds. The van der Waals surface area contributed by atoms with E-state index in [9.17, 15) is 4.79 Å². The van der Waals surface area contributed by atoms with Gasteiger partial charge in [0.05, 0.1) is 6.04 Å². The molecule has 4 heteroatoms. The Kier molecular flexibility index (Phi) is 5.13. The van der Waals surface area contributed by atoms with Gasteiger partial charge in [0.25, 0.3) is 0 Å². The molecule has 3 fully saturated rings. The van der Waals surface area contributed by atoms with Crippen molar-refractivity contribution in [2.45, 2.75) is 63.8 Å². The summed E-state index contributed by atoms with van der Waals surface area (Å²) < 4.78 is 0. The first kappa shape index (κ1) is 15.1. The highest BCUT2D eigenvalue weighted by Crippen LogP contribution is 2.43. The van der Waals surface area contributed by atoms with Gasteiger partial charge in [0.1, 0.15) is 0 Å². The number of rotatable bonds is 1. The summed E-state index contributed by atoms with van der Waals surface area (Å²) in [6.45, 7) is 3.08. The maximum atomic E-state index is 12.5. The smallest absolute Gasteiger partial charge is 0.239 e. The first-order chi connectivity index (χ1) is 8.79. The number of carbonyl (C=O) groups excluding carboxylic acids is 1. The molecule has 1 N–H and O–H groups in total. The molecule has 0 aromatic carbocycles. The summed E-state index contributed by atoms with van der Waals surface area (Å²) in [5.74, 6) is 0.386. The van der Waals surface area contributed by atoms with E-state index in [4.69, 9.17) is 0 Å². The van der Waals surface area contributed by atoms with Crippen LogP contribution in [0.15, 0.2) is 0 Å². The van der Waals surface area contributed by atoms with Gasteiger partial charge in [-0.05, 0) is 44.1 Å². The molecule has 3 nitrogen and oxygen atoms in total. The predicted molar refractivity (Wildman–Crippen MR) is 79.6 cm³/mol. The minimum atomic E-state index is 0. The van der Waals surface area contributed by atoms with Crippen LogP contribution in [0.1, 0.15) is 57.8 Å². The van der Waals surface area contributed by atoms with Crippen molar-refractivity contribution in [1.82, 2.24) is 10.2 Å². The molecule has 0 aromatic heterocycles. The Morgan fingerprint density at radius 1 is 1.05 bits per heavy atom. The van der Waals surface area contributed by atoms with Crippen molar-refractivity contribution in [1.29, 1.82) is 0 Å². The minimum absolute atomic E-state index is 0. The summed E-state index contributed by atoms with van der Waals surface area (Å²) in [7, 11) is 0. The number of piperidine rings is 1. The molecule has 3 aliphatic rings. The second-order valence-corrected chi connectivity index (χ2v) is 6.57. The molecular weight excluding hydrogens is 260 g/mol. The van der Waals surface area contributed by atoms with Crippen molar-refractivity contribution in [3.8, 4) is 0 Å². The standard InChI is InChI=1S/C15H26N2O.ClH/c18-14(13-6-2-5-10-16-13)17-11-9-15(12-17)7-3-1-4-8-15;/h13,16H,1-12H2;1H/t13-;/m0./s1. The molecule has 0 aromatic rings. The molecule has 0 unspecified atom stereocenters. The zero-order chi connectivity index (χ0) is 12.4. The van der Waals surface area contributed by atoms with E-state index in [0.29, 0.717) is 11.3 Å². The fraction of sp³-hybridized carbons (Fsp3) is 0.933. The second-order valence-electron chi connectivity index (χ2n) is 6.57. The Balaban J connectivity index is 0.00000133. The number of amides is 1. The van der Waals surface area contributed by atoms with Crippen LogP contribution in [0.25, 0.3) is 0 Å². The number of halogens is 1. The third kappa shape index (κ3) is 3.25. The number of likely N-dealkylation sites (tertiary alicyclic amines) is 1. The van der Waals surface area contributed by atoms with Crippen LogP contribution in [-0.4, -0.2) is 36.5 Å². The molecule has 2 heterocycles. The topological polar surface area (TPSA) is 32.3 Å². The molecule has 1 atom stereocenters. The van der Waals surface area contributed by atoms with Gasteiger partial charge in [-0.1, -0.05) is 25.7 Å². The average molecular weight is 287 g/mol. The lowest BCUT2D eigenvalue weighted by molar-refractivity contribution is -0.133. The van der Waals surface area contributed by atoms with E-state index >= 15 is 0 Å². The van der Waals surface area contributed by atoms with Crippen LogP contribution in [0.5, 0.6) is 0 Å². The Bertz CT molecular complexity index is 309. The predicted octanol–water partition coefficient (Wildman–Crippen LogP) is 2.73. The molecule has 110 valence electrons. The van der Waals surface area contributed by atoms with E-state index in [1.807, 2.05) is 0 Å². The molecule has 2 aliphatic heterocycles. The van der Waals surface area contributed by atoms with Crippen LogP contribution >= 0.6 is 12.4 Å². The Morgan fingerprint density at radius 2 is 1.84 bits per heavy atom. The zero-order valence-electron chi connectivity index (χ0n) is 11.8. The van der Waals surface area contributed by atoms with Crippen LogP contribution in [0.4, 0.5) is 0 Å². The average Bonchev–Trinajstić information content (AvgIpc) is 2.83. The first-order valence-electron chi connectivity index (χ1n) is 7.81. The normalized spacial score (nSPS) is 30.1. The van der Waals surface area contributed by atoms with E-state index in [1.165, 1.54) is 51.4 Å². The number of nitrogens with zero attached hydrogens (tertiary/aromatic N) is 1. The van der Waals surface area contributed by atoms with Crippen molar-refractivity contribution in [2.75, 3.05) is 19.6 Å². The van der Waals surface area contributed by atoms with E-state index in [2.05, 4.69) is 10.2 Å². The number of hydrogen-bond acceptors (Lipinski definition) is 2. The van der Waals surface area contributed by atoms with Gasteiger partial charge in [-0.3, -0.25) is 4.79 Å². The van der Waals surface area contributed by atoms with Gasteiger partial charge in [0, 0.05) is 13.1 Å². The monoisotopic (exact) mass is 286 g/mol. The number of carbonyl (C=O) groups is 1. The van der Waals surface area contributed by atoms with Crippen molar-refractivity contribution in [2.24, 2.45) is 5.41 Å². The number of hydrogen-bond donors (Lipinski definition) is 1. The summed E-state index contributed by atoms with van der Waals surface area (Å²) in [6.07, 6.45) is 11.6. The molecule has 0 bridgehead atoms. The molecule has 1 saturated carbocycles. The van der Waals surface area contributed by atoms with E-state index in [1.54, 1.807) is 0 Å². The Morgan fingerprint density at radius 3 is 2.53 bits per heavy atom. The van der Waals surface area contributed by atoms with Gasteiger partial charge in [0.15, 0.2) is 0 Å². The lowest BCUT2D eigenvalue weighted by atomic mass is 9.73. The molecule has 1 aliphatic carbocycles. The van der Waals surface area contributed by atoms with Gasteiger partial charge >= 0.3 is 0 Å². The van der Waals surface area contributed by atoms with E-state index in [-0.39, 0.29) is 18.4 Å². The second kappa shape index (κ2) is 6.45. The fourth-order valence-corrected chi connectivity index (χ4v) is 4.12. The van der Waals surface area contributed by atoms with Crippen molar-refractivity contribution < 1.29 is 4.79 Å². The summed E-state index contributed by atoms with van der Waals surface area (Å²) in [6, 6.07) is 0.123. The van der Waals surface area contributed by atoms with Crippen LogP contribution in [0.2, 0.25) is 0 Å². The minimum Gasteiger partial charge on any atom is -0.341 e. The summed E-state index contributed by atoms with van der Waals surface area (Å²) in [5, 5.41) is 3.40. The van der Waals surface area contributed by atoms with Gasteiger partial charge in [-0.15, -0.1) is 12.4 Å². The van der Waals surface area contributed by atoms with Crippen molar-refractivity contribution in [3.05, 3.63) is 0 Å². The lowest BCUT2D eigenvalue weighted by Gasteiger charge is -2.34. The van der Waals surface area contributed by atoms with Crippen LogP contribution < -0.4 is 5.32 Å². The third-order valence-corrected chi connectivity index (χ3v) is 5.27. The summed E-state index contributed by atoms with van der Waals surface area (Å²) >= 11 is 0. The highest BCUT2D eigenvalue weighted by Gasteiger charge is 2.41. The summed E-state index contributed by atoms with van der Waals surface area (Å²) in [4.78, 5) is 14.7. The molecular formula is C15H27ClN2O. The third-order valence-electron chi connectivity index (χ3n) is 5.27. The van der Waals surface area contributed by atoms with Crippen LogP contribution in [0.3, 0.4) is 0 Å². The SMILES string of the molecule is Cl.O=C([C@@H]1CCCCN1)N1CCC2(CCCCC2)C1. The number of nitrogens with one attached hydrogen (secondary N) is 1. The Hall–Kier alpha value is -0.280. The van der Waals surface area contributed by atoms with Gasteiger partial charge in [-0.2, -0.15) is 0 Å².